The van der Waals surface area contributed by atoms with E-state index in [1.807, 2.05) is 18.2 Å². The number of piperidine rings is 1. The summed E-state index contributed by atoms with van der Waals surface area (Å²) in [6.45, 7) is 2.65. The van der Waals surface area contributed by atoms with Gasteiger partial charge in [-0.3, -0.25) is 20.9 Å². The number of carbonyl (C=O) groups excluding carboxylic acids is 1. The van der Waals surface area contributed by atoms with Crippen molar-refractivity contribution in [1.82, 2.24) is 21.5 Å². The van der Waals surface area contributed by atoms with Crippen LogP contribution in [0.25, 0.3) is 0 Å². The Morgan fingerprint density at radius 1 is 1.03 bits per heavy atom. The van der Waals surface area contributed by atoms with Crippen molar-refractivity contribution in [2.45, 2.75) is 37.6 Å². The molecule has 8 nitrogen and oxygen atoms in total. The second-order valence-electron chi connectivity index (χ2n) is 9.14. The number of hydrogen-bond donors (Lipinski definition) is 5. The normalized spacial score (nSPS) is 27.8. The number of nitriles is 1. The third kappa shape index (κ3) is 4.81. The van der Waals surface area contributed by atoms with Crippen LogP contribution in [-0.4, -0.2) is 37.7 Å². The molecule has 0 spiro atoms. The highest BCUT2D eigenvalue weighted by atomic mass is 16.2. The lowest BCUT2D eigenvalue weighted by molar-refractivity contribution is -0.131. The number of anilines is 2. The monoisotopic (exact) mass is 445 g/mol. The topological polar surface area (TPSA) is 104 Å². The highest BCUT2D eigenvalue weighted by Gasteiger charge is 2.43. The van der Waals surface area contributed by atoms with Gasteiger partial charge in [0.2, 0.25) is 5.91 Å². The Bertz CT molecular complexity index is 982. The van der Waals surface area contributed by atoms with E-state index in [9.17, 15) is 4.79 Å². The van der Waals surface area contributed by atoms with E-state index in [1.54, 1.807) is 0 Å². The minimum absolute atomic E-state index is 0.0108. The molecule has 3 heterocycles. The zero-order valence-electron chi connectivity index (χ0n) is 18.6. The summed E-state index contributed by atoms with van der Waals surface area (Å²) in [5.41, 5.74) is 9.11. The van der Waals surface area contributed by atoms with Gasteiger partial charge in [-0.2, -0.15) is 5.26 Å². The van der Waals surface area contributed by atoms with Crippen LogP contribution in [0, 0.1) is 23.2 Å². The molecule has 0 aliphatic carbocycles. The van der Waals surface area contributed by atoms with Crippen molar-refractivity contribution < 1.29 is 4.79 Å². The molecule has 33 heavy (non-hydrogen) atoms. The molecular formula is C25H31N7O. The number of rotatable bonds is 5. The molecule has 4 unspecified atom stereocenters. The number of nitrogens with zero attached hydrogens (tertiary/aromatic N) is 2. The van der Waals surface area contributed by atoms with Crippen molar-refractivity contribution in [3.8, 4) is 6.07 Å². The Morgan fingerprint density at radius 3 is 2.52 bits per heavy atom. The molecule has 3 saturated heterocycles. The van der Waals surface area contributed by atoms with E-state index >= 15 is 0 Å². The molecule has 3 aliphatic rings. The maximum atomic E-state index is 12.7. The van der Waals surface area contributed by atoms with Gasteiger partial charge in [-0.05, 0) is 48.6 Å². The summed E-state index contributed by atoms with van der Waals surface area (Å²) in [6, 6.07) is 21.0. The van der Waals surface area contributed by atoms with E-state index in [0.29, 0.717) is 18.9 Å². The van der Waals surface area contributed by atoms with Crippen LogP contribution in [-0.2, 0) is 4.79 Å². The lowest BCUT2D eigenvalue weighted by atomic mass is 9.89. The predicted octanol–water partition coefficient (Wildman–Crippen LogP) is 2.07. The lowest BCUT2D eigenvalue weighted by Gasteiger charge is -2.46. The zero-order chi connectivity index (χ0) is 22.6. The van der Waals surface area contributed by atoms with Gasteiger partial charge in [-0.1, -0.05) is 30.3 Å². The number of benzene rings is 2. The van der Waals surface area contributed by atoms with Gasteiger partial charge in [-0.15, -0.1) is 0 Å². The van der Waals surface area contributed by atoms with Gasteiger partial charge in [0.1, 0.15) is 0 Å². The van der Waals surface area contributed by atoms with Gasteiger partial charge >= 0.3 is 0 Å². The standard InChI is InChI=1S/C25H31N7O/c26-13-10-17-11-14-32(15-12-17)20-8-6-19(7-9-20)28-24-22-21(16-27-31-25(22)33)29-23(30-24)18-4-2-1-3-5-18/h1-9,17,21-24,27-30H,10-12,14-16H2,(H,31,33). The van der Waals surface area contributed by atoms with E-state index in [-0.39, 0.29) is 30.2 Å². The van der Waals surface area contributed by atoms with Crippen molar-refractivity contribution in [3.05, 3.63) is 60.2 Å². The minimum Gasteiger partial charge on any atom is -0.372 e. The SMILES string of the molecule is N#CCC1CCN(c2ccc(NC3NC(c4ccccc4)NC4CNNC(=O)C43)cc2)CC1. The van der Waals surface area contributed by atoms with Crippen LogP contribution >= 0.6 is 0 Å². The first-order valence-electron chi connectivity index (χ1n) is 11.8. The largest absolute Gasteiger partial charge is 0.372 e. The third-order valence-electron chi connectivity index (χ3n) is 7.04. The van der Waals surface area contributed by atoms with Crippen LogP contribution < -0.4 is 31.7 Å². The van der Waals surface area contributed by atoms with Gasteiger partial charge in [0.25, 0.3) is 0 Å². The van der Waals surface area contributed by atoms with Crippen LogP contribution in [0.15, 0.2) is 54.6 Å². The molecule has 5 N–H and O–H groups in total. The summed E-state index contributed by atoms with van der Waals surface area (Å²) in [4.78, 5) is 15.1. The molecule has 5 rings (SSSR count). The van der Waals surface area contributed by atoms with Gasteiger partial charge in [-0.25, -0.2) is 5.43 Å². The van der Waals surface area contributed by atoms with Crippen LogP contribution in [0.1, 0.15) is 31.0 Å². The van der Waals surface area contributed by atoms with Crippen molar-refractivity contribution in [1.29, 1.82) is 5.26 Å². The second kappa shape index (κ2) is 9.79. The molecule has 8 heteroatoms. The van der Waals surface area contributed by atoms with Crippen LogP contribution in [0.2, 0.25) is 0 Å². The summed E-state index contributed by atoms with van der Waals surface area (Å²) >= 11 is 0. The number of fused-ring (bicyclic) bond motifs is 1. The van der Waals surface area contributed by atoms with Gasteiger partial charge in [0, 0.05) is 43.5 Å². The zero-order valence-corrected chi connectivity index (χ0v) is 18.6. The molecule has 3 fully saturated rings. The number of amides is 1. The summed E-state index contributed by atoms with van der Waals surface area (Å²) in [6.07, 6.45) is 2.54. The van der Waals surface area contributed by atoms with Crippen LogP contribution in [0.4, 0.5) is 11.4 Å². The van der Waals surface area contributed by atoms with E-state index < -0.39 is 0 Å². The smallest absolute Gasteiger partial charge is 0.242 e. The molecule has 1 amide bonds. The lowest BCUT2D eigenvalue weighted by Crippen LogP contribution is -2.71. The molecule has 0 radical (unpaired) electrons. The predicted molar refractivity (Wildman–Crippen MR) is 128 cm³/mol. The van der Waals surface area contributed by atoms with E-state index in [2.05, 4.69) is 74.2 Å². The fourth-order valence-corrected chi connectivity index (χ4v) is 5.17. The summed E-state index contributed by atoms with van der Waals surface area (Å²) < 4.78 is 0. The average Bonchev–Trinajstić information content (AvgIpc) is 2.86. The summed E-state index contributed by atoms with van der Waals surface area (Å²) in [7, 11) is 0. The highest BCUT2D eigenvalue weighted by Crippen LogP contribution is 2.28. The molecule has 2 aromatic rings. The fourth-order valence-electron chi connectivity index (χ4n) is 5.17. The van der Waals surface area contributed by atoms with Crippen molar-refractivity contribution in [2.24, 2.45) is 11.8 Å². The molecule has 0 saturated carbocycles. The summed E-state index contributed by atoms with van der Waals surface area (Å²) in [5, 5.41) is 19.7. The third-order valence-corrected chi connectivity index (χ3v) is 7.04. The quantitative estimate of drug-likeness (QED) is 0.480. The number of carbonyl (C=O) groups is 1. The molecular weight excluding hydrogens is 414 g/mol. The van der Waals surface area contributed by atoms with E-state index in [0.717, 1.165) is 37.2 Å². The van der Waals surface area contributed by atoms with E-state index in [4.69, 9.17) is 5.26 Å². The molecule has 0 aromatic heterocycles. The van der Waals surface area contributed by atoms with Crippen molar-refractivity contribution in [3.63, 3.8) is 0 Å². The molecule has 3 aliphatic heterocycles. The Balaban J connectivity index is 1.28. The Morgan fingerprint density at radius 2 is 1.79 bits per heavy atom. The second-order valence-corrected chi connectivity index (χ2v) is 9.14. The number of hydrazine groups is 1. The number of hydrogen-bond acceptors (Lipinski definition) is 7. The molecule has 2 aromatic carbocycles. The Hall–Kier alpha value is -3.12. The van der Waals surface area contributed by atoms with Crippen molar-refractivity contribution in [2.75, 3.05) is 29.9 Å². The molecule has 4 atom stereocenters. The highest BCUT2D eigenvalue weighted by molar-refractivity contribution is 5.81. The maximum Gasteiger partial charge on any atom is 0.242 e. The van der Waals surface area contributed by atoms with Gasteiger partial charge in [0.15, 0.2) is 0 Å². The molecule has 172 valence electrons. The average molecular weight is 446 g/mol. The van der Waals surface area contributed by atoms with Crippen LogP contribution in [0.5, 0.6) is 0 Å². The first-order chi connectivity index (χ1) is 16.2. The first kappa shape index (κ1) is 21.7. The van der Waals surface area contributed by atoms with Gasteiger partial charge < -0.3 is 10.2 Å². The molecule has 0 bridgehead atoms. The van der Waals surface area contributed by atoms with Gasteiger partial charge in [0.05, 0.1) is 24.3 Å². The van der Waals surface area contributed by atoms with Crippen molar-refractivity contribution >= 4 is 17.3 Å². The number of nitrogens with one attached hydrogen (secondary N) is 5. The Kier molecular flexibility index (Phi) is 6.44. The van der Waals surface area contributed by atoms with Crippen LogP contribution in [0.3, 0.4) is 0 Å². The summed E-state index contributed by atoms with van der Waals surface area (Å²) in [5.74, 6) is 0.261. The minimum atomic E-state index is -0.245. The fraction of sp³-hybridized carbons (Fsp3) is 0.440. The van der Waals surface area contributed by atoms with E-state index in [1.165, 1.54) is 5.69 Å². The first-order valence-corrected chi connectivity index (χ1v) is 11.8. The Labute approximate surface area is 194 Å². The maximum absolute atomic E-state index is 12.7.